The number of rotatable bonds is 13. The lowest BCUT2D eigenvalue weighted by molar-refractivity contribution is -0.143. The van der Waals surface area contributed by atoms with Gasteiger partial charge >= 0.3 is 5.97 Å². The number of thiol groups is 1. The topological polar surface area (TPSA) is 103 Å². The molecule has 0 bridgehead atoms. The van der Waals surface area contributed by atoms with Crippen LogP contribution in [0.4, 0.5) is 0 Å². The minimum absolute atomic E-state index is 0.0447. The van der Waals surface area contributed by atoms with Crippen molar-refractivity contribution in [1.82, 2.24) is 10.6 Å². The maximum absolute atomic E-state index is 12.9. The van der Waals surface area contributed by atoms with Crippen molar-refractivity contribution in [3.8, 4) is 0 Å². The molecule has 0 spiro atoms. The van der Waals surface area contributed by atoms with E-state index < -0.39 is 12.1 Å². The van der Waals surface area contributed by atoms with Gasteiger partial charge in [-0.1, -0.05) is 50.6 Å². The largest absolute Gasteiger partial charge is 0.464 e. The Bertz CT molecular complexity index is 661. The van der Waals surface area contributed by atoms with E-state index in [4.69, 9.17) is 15.2 Å². The highest BCUT2D eigenvalue weighted by Gasteiger charge is 2.31. The molecule has 0 saturated carbocycles. The average Bonchev–Trinajstić information content (AvgIpc) is 3.16. The first-order valence-corrected chi connectivity index (χ1v) is 11.3. The van der Waals surface area contributed by atoms with Crippen molar-refractivity contribution in [2.24, 2.45) is 11.7 Å². The van der Waals surface area contributed by atoms with Crippen LogP contribution in [0.2, 0.25) is 0 Å². The van der Waals surface area contributed by atoms with Gasteiger partial charge in [0, 0.05) is 37.2 Å². The number of nitrogens with one attached hydrogen (secondary N) is 2. The lowest BCUT2D eigenvalue weighted by Crippen LogP contribution is -2.49. The molecular weight excluding hydrogens is 402 g/mol. The van der Waals surface area contributed by atoms with Crippen LogP contribution in [-0.4, -0.2) is 61.6 Å². The van der Waals surface area contributed by atoms with Crippen molar-refractivity contribution >= 4 is 24.5 Å². The molecule has 168 valence electrons. The zero-order valence-corrected chi connectivity index (χ0v) is 18.8. The molecular formula is C22H35N3O4S. The van der Waals surface area contributed by atoms with Gasteiger partial charge in [-0.25, -0.2) is 4.79 Å². The van der Waals surface area contributed by atoms with Crippen molar-refractivity contribution in [2.45, 2.75) is 57.3 Å². The van der Waals surface area contributed by atoms with Gasteiger partial charge in [-0.05, 0) is 11.5 Å². The number of benzene rings is 1. The molecule has 1 heterocycles. The van der Waals surface area contributed by atoms with Crippen LogP contribution in [0.1, 0.15) is 32.3 Å². The Labute approximate surface area is 184 Å². The summed E-state index contributed by atoms with van der Waals surface area (Å²) in [6.07, 6.45) is 1.19. The molecule has 5 atom stereocenters. The van der Waals surface area contributed by atoms with Crippen molar-refractivity contribution in [1.29, 1.82) is 0 Å². The summed E-state index contributed by atoms with van der Waals surface area (Å²) in [5.41, 5.74) is 6.98. The maximum Gasteiger partial charge on any atom is 0.328 e. The van der Waals surface area contributed by atoms with Crippen LogP contribution in [0.25, 0.3) is 0 Å². The van der Waals surface area contributed by atoms with Crippen LogP contribution in [-0.2, 0) is 25.5 Å². The second kappa shape index (κ2) is 12.9. The molecule has 1 unspecified atom stereocenters. The van der Waals surface area contributed by atoms with E-state index in [1.54, 1.807) is 0 Å². The number of cyclic esters (lactones) is 1. The second-order valence-corrected chi connectivity index (χ2v) is 8.24. The highest BCUT2D eigenvalue weighted by atomic mass is 32.1. The van der Waals surface area contributed by atoms with Gasteiger partial charge in [0.25, 0.3) is 0 Å². The van der Waals surface area contributed by atoms with Gasteiger partial charge in [-0.3, -0.25) is 4.79 Å². The van der Waals surface area contributed by atoms with E-state index in [1.165, 1.54) is 0 Å². The smallest absolute Gasteiger partial charge is 0.328 e. The van der Waals surface area contributed by atoms with Crippen molar-refractivity contribution in [3.63, 3.8) is 0 Å². The molecule has 4 N–H and O–H groups in total. The third-order valence-corrected chi connectivity index (χ3v) is 5.96. The molecule has 1 saturated heterocycles. The molecule has 0 aromatic heterocycles. The predicted octanol–water partition coefficient (Wildman–Crippen LogP) is 1.31. The Kier molecular flexibility index (Phi) is 10.6. The summed E-state index contributed by atoms with van der Waals surface area (Å²) in [6, 6.07) is 9.13. The molecule has 1 aliphatic rings. The average molecular weight is 438 g/mol. The number of hydrogen-bond acceptors (Lipinski definition) is 7. The van der Waals surface area contributed by atoms with Gasteiger partial charge in [0.2, 0.25) is 5.91 Å². The summed E-state index contributed by atoms with van der Waals surface area (Å²) < 4.78 is 11.1. The number of ether oxygens (including phenoxy) is 2. The van der Waals surface area contributed by atoms with Gasteiger partial charge in [-0.15, -0.1) is 0 Å². The molecule has 30 heavy (non-hydrogen) atoms. The van der Waals surface area contributed by atoms with Crippen molar-refractivity contribution in [2.75, 3.05) is 25.5 Å². The first kappa shape index (κ1) is 24.7. The lowest BCUT2D eigenvalue weighted by atomic mass is 9.99. The molecule has 7 nitrogen and oxygen atoms in total. The first-order chi connectivity index (χ1) is 14.4. The zero-order chi connectivity index (χ0) is 21.9. The van der Waals surface area contributed by atoms with E-state index in [2.05, 4.69) is 37.1 Å². The molecule has 0 radical (unpaired) electrons. The Morgan fingerprint density at radius 3 is 2.70 bits per heavy atom. The summed E-state index contributed by atoms with van der Waals surface area (Å²) in [6.45, 7) is 5.60. The maximum atomic E-state index is 12.9. The number of carbonyl (C=O) groups is 2. The molecule has 2 rings (SSSR count). The molecule has 1 fully saturated rings. The molecule has 1 aromatic rings. The standard InChI is InChI=1S/C22H35N3O4S/c1-3-15(2)19(24-12-17(23)14-30)13-29-20(11-16-7-5-4-6-8-16)21(26)25-18-9-10-28-22(18)27/h4-8,15,17-20,24,30H,3,9-14,23H2,1-2H3,(H,25,26)/t15?,17-,18+,19-,20+/m1/s1. The van der Waals surface area contributed by atoms with Crippen LogP contribution >= 0.6 is 12.6 Å². The lowest BCUT2D eigenvalue weighted by Gasteiger charge is -2.28. The van der Waals surface area contributed by atoms with Crippen LogP contribution in [0.15, 0.2) is 30.3 Å². The van der Waals surface area contributed by atoms with E-state index in [-0.39, 0.29) is 24.0 Å². The number of carbonyl (C=O) groups excluding carboxylic acids is 2. The van der Waals surface area contributed by atoms with Crippen molar-refractivity contribution in [3.05, 3.63) is 35.9 Å². The van der Waals surface area contributed by atoms with E-state index in [1.807, 2.05) is 30.3 Å². The summed E-state index contributed by atoms with van der Waals surface area (Å²) in [5.74, 6) is 0.263. The van der Waals surface area contributed by atoms with Crippen LogP contribution in [0.3, 0.4) is 0 Å². The van der Waals surface area contributed by atoms with Gasteiger partial charge < -0.3 is 25.8 Å². The van der Waals surface area contributed by atoms with Crippen LogP contribution in [0, 0.1) is 5.92 Å². The fourth-order valence-corrected chi connectivity index (χ4v) is 3.37. The Morgan fingerprint density at radius 1 is 1.37 bits per heavy atom. The Hall–Kier alpha value is -1.61. The van der Waals surface area contributed by atoms with E-state index in [9.17, 15) is 9.59 Å². The Morgan fingerprint density at radius 2 is 2.10 bits per heavy atom. The van der Waals surface area contributed by atoms with Crippen LogP contribution < -0.4 is 16.4 Å². The van der Waals surface area contributed by atoms with E-state index >= 15 is 0 Å². The number of amides is 1. The van der Waals surface area contributed by atoms with Gasteiger partial charge in [-0.2, -0.15) is 12.6 Å². The summed E-state index contributed by atoms with van der Waals surface area (Å²) in [4.78, 5) is 24.7. The predicted molar refractivity (Wildman–Crippen MR) is 120 cm³/mol. The minimum atomic E-state index is -0.701. The fourth-order valence-electron chi connectivity index (χ4n) is 3.24. The SMILES string of the molecule is CCC(C)[C@@H](CO[C@@H](Cc1ccccc1)C(=O)N[C@H]1CCOC1=O)NC[C@@H](N)CS. The summed E-state index contributed by atoms with van der Waals surface area (Å²) >= 11 is 4.24. The van der Waals surface area contributed by atoms with E-state index in [0.717, 1.165) is 12.0 Å². The quantitative estimate of drug-likeness (QED) is 0.274. The monoisotopic (exact) mass is 437 g/mol. The molecule has 8 heteroatoms. The fraction of sp³-hybridized carbons (Fsp3) is 0.636. The highest BCUT2D eigenvalue weighted by molar-refractivity contribution is 7.80. The van der Waals surface area contributed by atoms with E-state index in [0.29, 0.717) is 44.3 Å². The summed E-state index contributed by atoms with van der Waals surface area (Å²) in [7, 11) is 0. The highest BCUT2D eigenvalue weighted by Crippen LogP contribution is 2.13. The number of esters is 1. The van der Waals surface area contributed by atoms with Crippen molar-refractivity contribution < 1.29 is 19.1 Å². The molecule has 1 aliphatic heterocycles. The second-order valence-electron chi connectivity index (χ2n) is 7.87. The zero-order valence-electron chi connectivity index (χ0n) is 17.9. The summed E-state index contributed by atoms with van der Waals surface area (Å²) in [5, 5.41) is 6.24. The number of nitrogens with two attached hydrogens (primary N) is 1. The molecule has 0 aliphatic carbocycles. The third kappa shape index (κ3) is 7.91. The third-order valence-electron chi connectivity index (χ3n) is 5.49. The van der Waals surface area contributed by atoms with Gasteiger partial charge in [0.05, 0.1) is 13.2 Å². The van der Waals surface area contributed by atoms with Gasteiger partial charge in [0.15, 0.2) is 0 Å². The molecule has 1 aromatic carbocycles. The number of hydrogen-bond donors (Lipinski definition) is 4. The first-order valence-electron chi connectivity index (χ1n) is 10.7. The van der Waals surface area contributed by atoms with Gasteiger partial charge in [0.1, 0.15) is 12.1 Å². The normalized spacial score (nSPS) is 20.3. The molecule has 1 amide bonds. The van der Waals surface area contributed by atoms with Crippen LogP contribution in [0.5, 0.6) is 0 Å². The minimum Gasteiger partial charge on any atom is -0.464 e. The Balaban J connectivity index is 2.03.